The lowest BCUT2D eigenvalue weighted by molar-refractivity contribution is -0.116. The molecule has 1 atom stereocenters. The molecule has 2 aromatic rings. The monoisotopic (exact) mass is 507 g/mol. The molecule has 0 saturated carbocycles. The summed E-state index contributed by atoms with van der Waals surface area (Å²) >= 11 is 2.08. The first-order chi connectivity index (χ1) is 14.0. The zero-order chi connectivity index (χ0) is 20.7. The predicted molar refractivity (Wildman–Crippen MR) is 118 cm³/mol. The van der Waals surface area contributed by atoms with Crippen LogP contribution in [0, 0.1) is 3.57 Å². The van der Waals surface area contributed by atoms with Gasteiger partial charge in [0.25, 0.3) is 0 Å². The number of nitrogens with one attached hydrogen (secondary N) is 1. The Kier molecular flexibility index (Phi) is 5.33. The highest BCUT2D eigenvalue weighted by molar-refractivity contribution is 14.1. The molecule has 0 aromatic heterocycles. The molecule has 0 unspecified atom stereocenters. The third-order valence-corrected chi connectivity index (χ3v) is 6.32. The number of hydrogen-bond acceptors (Lipinski definition) is 6. The van der Waals surface area contributed by atoms with E-state index in [9.17, 15) is 9.90 Å². The first-order valence-electron chi connectivity index (χ1n) is 9.34. The second kappa shape index (κ2) is 7.78. The molecule has 7 heteroatoms. The number of Topliss-reactive ketones (excluding diaryl/α,β-unsaturated/α-hetero) is 1. The second-order valence-corrected chi connectivity index (χ2v) is 8.24. The van der Waals surface area contributed by atoms with Crippen LogP contribution in [0.1, 0.15) is 36.3 Å². The lowest BCUT2D eigenvalue weighted by Crippen LogP contribution is -2.27. The lowest BCUT2D eigenvalue weighted by Gasteiger charge is -2.34. The summed E-state index contributed by atoms with van der Waals surface area (Å²) in [5.41, 5.74) is 4.44. The Morgan fingerprint density at radius 2 is 1.69 bits per heavy atom. The minimum atomic E-state index is -0.281. The van der Waals surface area contributed by atoms with Gasteiger partial charge in [-0.3, -0.25) is 4.79 Å². The van der Waals surface area contributed by atoms with E-state index in [4.69, 9.17) is 14.2 Å². The highest BCUT2D eigenvalue weighted by Crippen LogP contribution is 2.50. The molecule has 0 fully saturated rings. The van der Waals surface area contributed by atoms with Crippen molar-refractivity contribution in [3.8, 4) is 23.0 Å². The molecule has 29 heavy (non-hydrogen) atoms. The molecular weight excluding hydrogens is 485 g/mol. The number of phenolic OH excluding ortho intramolecular Hbond substituents is 1. The van der Waals surface area contributed by atoms with Gasteiger partial charge >= 0.3 is 0 Å². The van der Waals surface area contributed by atoms with E-state index in [1.54, 1.807) is 20.3 Å². The van der Waals surface area contributed by atoms with Gasteiger partial charge in [0, 0.05) is 35.4 Å². The molecule has 2 aliphatic rings. The Balaban J connectivity index is 1.99. The standard InChI is InChI=1S/C22H22INO5/c1-27-17-9-12-15(10-18(17)28-2)24-14-5-4-6-16(25)21(14)20(12)11-7-13(23)22(26)19(8-11)29-3/h7-10,20,24,26H,4-6H2,1-3H3/t20-/m1/s1. The van der Waals surface area contributed by atoms with E-state index in [2.05, 4.69) is 27.9 Å². The van der Waals surface area contributed by atoms with Crippen LogP contribution in [0.3, 0.4) is 0 Å². The van der Waals surface area contributed by atoms with Gasteiger partial charge in [0.15, 0.2) is 28.8 Å². The predicted octanol–water partition coefficient (Wildman–Crippen LogP) is 4.59. The fourth-order valence-electron chi connectivity index (χ4n) is 4.15. The molecule has 152 valence electrons. The number of ether oxygens (including phenoxy) is 3. The molecule has 1 aliphatic heterocycles. The van der Waals surface area contributed by atoms with Crippen molar-refractivity contribution < 1.29 is 24.1 Å². The van der Waals surface area contributed by atoms with E-state index in [1.807, 2.05) is 18.2 Å². The van der Waals surface area contributed by atoms with E-state index < -0.39 is 0 Å². The maximum atomic E-state index is 13.0. The minimum Gasteiger partial charge on any atom is -0.504 e. The van der Waals surface area contributed by atoms with E-state index in [1.165, 1.54) is 7.11 Å². The van der Waals surface area contributed by atoms with Crippen molar-refractivity contribution >= 4 is 34.1 Å². The van der Waals surface area contributed by atoms with Crippen LogP contribution in [0.4, 0.5) is 5.69 Å². The molecule has 1 aliphatic carbocycles. The quantitative estimate of drug-likeness (QED) is 0.590. The number of halogens is 1. The van der Waals surface area contributed by atoms with Gasteiger partial charge in [-0.15, -0.1) is 0 Å². The van der Waals surface area contributed by atoms with Crippen LogP contribution in [0.15, 0.2) is 35.5 Å². The zero-order valence-corrected chi connectivity index (χ0v) is 18.6. The number of phenols is 1. The average Bonchev–Trinajstić information content (AvgIpc) is 2.73. The van der Waals surface area contributed by atoms with Crippen molar-refractivity contribution in [2.24, 2.45) is 0 Å². The molecule has 1 heterocycles. The number of fused-ring (bicyclic) bond motifs is 1. The van der Waals surface area contributed by atoms with Crippen LogP contribution < -0.4 is 19.5 Å². The van der Waals surface area contributed by atoms with Gasteiger partial charge in [0.1, 0.15) is 0 Å². The van der Waals surface area contributed by atoms with Crippen LogP contribution in [-0.2, 0) is 4.79 Å². The summed E-state index contributed by atoms with van der Waals surface area (Å²) in [7, 11) is 4.72. The Bertz CT molecular complexity index is 1030. The van der Waals surface area contributed by atoms with Crippen LogP contribution >= 0.6 is 22.6 Å². The Morgan fingerprint density at radius 1 is 1.00 bits per heavy atom. The summed E-state index contributed by atoms with van der Waals surface area (Å²) in [5, 5.41) is 13.7. The second-order valence-electron chi connectivity index (χ2n) is 7.08. The summed E-state index contributed by atoms with van der Waals surface area (Å²) < 4.78 is 17.0. The van der Waals surface area contributed by atoms with E-state index >= 15 is 0 Å². The topological polar surface area (TPSA) is 77.0 Å². The average molecular weight is 507 g/mol. The molecule has 2 N–H and O–H groups in total. The normalized spacial score (nSPS) is 17.9. The largest absolute Gasteiger partial charge is 0.504 e. The Morgan fingerprint density at radius 3 is 2.38 bits per heavy atom. The first-order valence-corrected chi connectivity index (χ1v) is 10.4. The van der Waals surface area contributed by atoms with E-state index in [0.29, 0.717) is 27.2 Å². The molecule has 0 radical (unpaired) electrons. The number of benzene rings is 2. The highest BCUT2D eigenvalue weighted by atomic mass is 127. The van der Waals surface area contributed by atoms with Gasteiger partial charge in [0.2, 0.25) is 0 Å². The van der Waals surface area contributed by atoms with Gasteiger partial charge in [0.05, 0.1) is 24.9 Å². The number of methoxy groups -OCH3 is 3. The summed E-state index contributed by atoms with van der Waals surface area (Å²) in [6.45, 7) is 0. The Hall–Kier alpha value is -2.42. The smallest absolute Gasteiger partial charge is 0.171 e. The maximum absolute atomic E-state index is 13.0. The molecule has 0 bridgehead atoms. The minimum absolute atomic E-state index is 0.0995. The molecule has 0 amide bonds. The van der Waals surface area contributed by atoms with Crippen molar-refractivity contribution in [2.75, 3.05) is 26.6 Å². The first kappa shape index (κ1) is 19.9. The number of carbonyl (C=O) groups is 1. The van der Waals surface area contributed by atoms with E-state index in [0.717, 1.165) is 40.9 Å². The van der Waals surface area contributed by atoms with Crippen molar-refractivity contribution in [3.05, 3.63) is 50.2 Å². The molecule has 2 aromatic carbocycles. The SMILES string of the molecule is COc1cc2c(cc1OC)[C@@H](c1cc(I)c(O)c(OC)c1)C1=C(CCCC1=O)N2. The molecule has 0 spiro atoms. The highest BCUT2D eigenvalue weighted by Gasteiger charge is 2.36. The summed E-state index contributed by atoms with van der Waals surface area (Å²) in [5.74, 6) is 1.58. The molecule has 0 saturated heterocycles. The van der Waals surface area contributed by atoms with Gasteiger partial charge < -0.3 is 24.6 Å². The third-order valence-electron chi connectivity index (χ3n) is 5.50. The van der Waals surface area contributed by atoms with Gasteiger partial charge in [-0.2, -0.15) is 0 Å². The van der Waals surface area contributed by atoms with Gasteiger partial charge in [-0.1, -0.05) is 0 Å². The number of anilines is 1. The van der Waals surface area contributed by atoms with Crippen molar-refractivity contribution in [3.63, 3.8) is 0 Å². The summed E-state index contributed by atoms with van der Waals surface area (Å²) in [6.07, 6.45) is 2.18. The number of ketones is 1. The van der Waals surface area contributed by atoms with Crippen molar-refractivity contribution in [2.45, 2.75) is 25.2 Å². The molecule has 6 nitrogen and oxygen atoms in total. The fraction of sp³-hybridized carbons (Fsp3) is 0.318. The van der Waals surface area contributed by atoms with E-state index in [-0.39, 0.29) is 17.5 Å². The van der Waals surface area contributed by atoms with Crippen molar-refractivity contribution in [1.82, 2.24) is 0 Å². The van der Waals surface area contributed by atoms with Crippen LogP contribution in [0.2, 0.25) is 0 Å². The lowest BCUT2D eigenvalue weighted by atomic mass is 9.75. The fourth-order valence-corrected chi connectivity index (χ4v) is 4.78. The van der Waals surface area contributed by atoms with Crippen molar-refractivity contribution in [1.29, 1.82) is 0 Å². The number of carbonyl (C=O) groups excluding carboxylic acids is 1. The summed E-state index contributed by atoms with van der Waals surface area (Å²) in [6, 6.07) is 7.54. The third kappa shape index (κ3) is 3.31. The zero-order valence-electron chi connectivity index (χ0n) is 16.5. The van der Waals surface area contributed by atoms with Crippen LogP contribution in [0.25, 0.3) is 0 Å². The number of allylic oxidation sites excluding steroid dienone is 2. The number of rotatable bonds is 4. The van der Waals surface area contributed by atoms with Crippen LogP contribution in [0.5, 0.6) is 23.0 Å². The number of aromatic hydroxyl groups is 1. The molecule has 4 rings (SSSR count). The Labute approximate surface area is 183 Å². The maximum Gasteiger partial charge on any atom is 0.171 e. The molecular formula is C22H22INO5. The number of hydrogen-bond donors (Lipinski definition) is 2. The van der Waals surface area contributed by atoms with Crippen LogP contribution in [-0.4, -0.2) is 32.2 Å². The summed E-state index contributed by atoms with van der Waals surface area (Å²) in [4.78, 5) is 13.0. The van der Waals surface area contributed by atoms with Gasteiger partial charge in [-0.05, 0) is 64.8 Å². The van der Waals surface area contributed by atoms with Gasteiger partial charge in [-0.25, -0.2) is 0 Å².